The standard InChI is InChI=1S/C11H12FNO.C2H6/c1-8-2-3-11-10(6-8)9(7-13-11)4-5-14-12;1-2/h2-3,6-7,13H,4-5H2,1H3;1-2H3. The van der Waals surface area contributed by atoms with E-state index in [0.29, 0.717) is 6.42 Å². The maximum atomic E-state index is 11.6. The highest BCUT2D eigenvalue weighted by atomic mass is 19.3. The lowest BCUT2D eigenvalue weighted by atomic mass is 10.1. The molecule has 0 aliphatic rings. The number of nitrogens with one attached hydrogen (secondary N) is 1. The smallest absolute Gasteiger partial charge is 0.0917 e. The molecule has 0 aliphatic heterocycles. The number of hydrogen-bond acceptors (Lipinski definition) is 1. The first-order valence-corrected chi connectivity index (χ1v) is 5.61. The number of aryl methyl sites for hydroxylation is 1. The third-order valence-corrected chi connectivity index (χ3v) is 2.37. The summed E-state index contributed by atoms with van der Waals surface area (Å²) in [5.41, 5.74) is 3.39. The third-order valence-electron chi connectivity index (χ3n) is 2.37. The zero-order valence-corrected chi connectivity index (χ0v) is 10.0. The molecule has 0 fully saturated rings. The van der Waals surface area contributed by atoms with Gasteiger partial charge in [-0.3, -0.25) is 0 Å². The summed E-state index contributed by atoms with van der Waals surface area (Å²) in [6.45, 7) is 6.16. The number of halogens is 1. The second-order valence-electron chi connectivity index (χ2n) is 3.43. The summed E-state index contributed by atoms with van der Waals surface area (Å²) in [4.78, 5) is 6.73. The van der Waals surface area contributed by atoms with Gasteiger partial charge in [-0.1, -0.05) is 25.5 Å². The van der Waals surface area contributed by atoms with E-state index in [4.69, 9.17) is 0 Å². The molecule has 1 aromatic carbocycles. The SMILES string of the molecule is CC.Cc1ccc2[nH]cc(CCOF)c2c1. The molecule has 2 rings (SSSR count). The lowest BCUT2D eigenvalue weighted by molar-refractivity contribution is -0.130. The monoisotopic (exact) mass is 223 g/mol. The topological polar surface area (TPSA) is 25.0 Å². The van der Waals surface area contributed by atoms with Gasteiger partial charge in [0.15, 0.2) is 0 Å². The summed E-state index contributed by atoms with van der Waals surface area (Å²) in [6.07, 6.45) is 2.50. The molecule has 88 valence electrons. The van der Waals surface area contributed by atoms with Crippen LogP contribution < -0.4 is 0 Å². The van der Waals surface area contributed by atoms with Gasteiger partial charge in [0.1, 0.15) is 0 Å². The van der Waals surface area contributed by atoms with E-state index in [-0.39, 0.29) is 6.61 Å². The van der Waals surface area contributed by atoms with Gasteiger partial charge >= 0.3 is 0 Å². The summed E-state index contributed by atoms with van der Waals surface area (Å²) in [6, 6.07) is 6.18. The van der Waals surface area contributed by atoms with Crippen molar-refractivity contribution in [1.82, 2.24) is 4.98 Å². The van der Waals surface area contributed by atoms with Crippen LogP contribution in [0.25, 0.3) is 10.9 Å². The fraction of sp³-hybridized carbons (Fsp3) is 0.385. The molecule has 0 saturated heterocycles. The van der Waals surface area contributed by atoms with Gasteiger partial charge in [0.25, 0.3) is 0 Å². The van der Waals surface area contributed by atoms with Crippen LogP contribution in [0.15, 0.2) is 24.4 Å². The highest BCUT2D eigenvalue weighted by Gasteiger charge is 2.03. The van der Waals surface area contributed by atoms with Crippen molar-refractivity contribution in [3.63, 3.8) is 0 Å². The fourth-order valence-electron chi connectivity index (χ4n) is 1.65. The van der Waals surface area contributed by atoms with Crippen LogP contribution in [0.5, 0.6) is 0 Å². The molecule has 0 amide bonds. The van der Waals surface area contributed by atoms with E-state index in [9.17, 15) is 4.53 Å². The Bertz CT molecular complexity index is 436. The molecule has 0 radical (unpaired) electrons. The molecule has 0 bridgehead atoms. The van der Waals surface area contributed by atoms with Crippen molar-refractivity contribution < 1.29 is 9.47 Å². The molecule has 0 unspecified atom stereocenters. The van der Waals surface area contributed by atoms with Crippen molar-refractivity contribution in [2.24, 2.45) is 0 Å². The largest absolute Gasteiger partial charge is 0.361 e. The van der Waals surface area contributed by atoms with Crippen LogP contribution in [0.4, 0.5) is 4.53 Å². The average molecular weight is 223 g/mol. The van der Waals surface area contributed by atoms with Crippen LogP contribution in [-0.4, -0.2) is 11.6 Å². The van der Waals surface area contributed by atoms with E-state index in [2.05, 4.69) is 16.0 Å². The van der Waals surface area contributed by atoms with Gasteiger partial charge in [0.2, 0.25) is 0 Å². The first-order chi connectivity index (χ1) is 7.81. The molecule has 2 aromatic rings. The third kappa shape index (κ3) is 2.83. The van der Waals surface area contributed by atoms with Crippen molar-refractivity contribution in [1.29, 1.82) is 0 Å². The zero-order valence-electron chi connectivity index (χ0n) is 10.0. The van der Waals surface area contributed by atoms with Crippen molar-refractivity contribution >= 4 is 10.9 Å². The van der Waals surface area contributed by atoms with E-state index < -0.39 is 0 Å². The highest BCUT2D eigenvalue weighted by Crippen LogP contribution is 2.19. The normalized spacial score (nSPS) is 10.0. The number of benzene rings is 1. The van der Waals surface area contributed by atoms with E-state index in [1.165, 1.54) is 5.56 Å². The summed E-state index contributed by atoms with van der Waals surface area (Å²) in [5.74, 6) is 0. The Balaban J connectivity index is 0.000000606. The minimum absolute atomic E-state index is 0.112. The number of H-pyrrole nitrogens is 1. The number of aromatic amines is 1. The minimum Gasteiger partial charge on any atom is -0.361 e. The van der Waals surface area contributed by atoms with Crippen molar-refractivity contribution in [3.05, 3.63) is 35.5 Å². The molecule has 0 saturated carbocycles. The summed E-state index contributed by atoms with van der Waals surface area (Å²) < 4.78 is 11.6. The number of hydrogen-bond donors (Lipinski definition) is 1. The van der Waals surface area contributed by atoms with Gasteiger partial charge in [-0.25, -0.2) is 0 Å². The lowest BCUT2D eigenvalue weighted by Crippen LogP contribution is -1.90. The Labute approximate surface area is 95.3 Å². The van der Waals surface area contributed by atoms with Crippen molar-refractivity contribution in [2.45, 2.75) is 27.2 Å². The summed E-state index contributed by atoms with van der Waals surface area (Å²) in [5, 5.41) is 1.15. The van der Waals surface area contributed by atoms with Crippen molar-refractivity contribution in [3.8, 4) is 0 Å². The number of aromatic nitrogens is 1. The Kier molecular flexibility index (Phi) is 4.99. The first kappa shape index (κ1) is 12.7. The van der Waals surface area contributed by atoms with E-state index in [1.807, 2.05) is 39.1 Å². The molecule has 0 aliphatic carbocycles. The predicted octanol–water partition coefficient (Wildman–Crippen LogP) is 3.95. The Morgan fingerprint density at radius 2 is 2.06 bits per heavy atom. The molecular formula is C13H18FNO. The zero-order chi connectivity index (χ0) is 12.0. The van der Waals surface area contributed by atoms with Gasteiger partial charge in [-0.05, 0) is 29.1 Å². The molecule has 16 heavy (non-hydrogen) atoms. The first-order valence-electron chi connectivity index (χ1n) is 5.61. The van der Waals surface area contributed by atoms with Crippen LogP contribution in [0.2, 0.25) is 0 Å². The van der Waals surface area contributed by atoms with Gasteiger partial charge in [0.05, 0.1) is 6.61 Å². The van der Waals surface area contributed by atoms with Gasteiger partial charge in [-0.15, -0.1) is 0 Å². The predicted molar refractivity (Wildman–Crippen MR) is 65.1 cm³/mol. The lowest BCUT2D eigenvalue weighted by Gasteiger charge is -1.97. The molecular weight excluding hydrogens is 205 g/mol. The summed E-state index contributed by atoms with van der Waals surface area (Å²) >= 11 is 0. The van der Waals surface area contributed by atoms with Crippen LogP contribution in [-0.2, 0) is 11.4 Å². The second kappa shape index (κ2) is 6.28. The molecule has 0 spiro atoms. The molecule has 3 heteroatoms. The van der Waals surface area contributed by atoms with Crippen LogP contribution in [0.3, 0.4) is 0 Å². The Hall–Kier alpha value is -1.35. The Morgan fingerprint density at radius 3 is 2.75 bits per heavy atom. The number of fused-ring (bicyclic) bond motifs is 1. The van der Waals surface area contributed by atoms with Crippen molar-refractivity contribution in [2.75, 3.05) is 6.61 Å². The van der Waals surface area contributed by atoms with Crippen LogP contribution in [0, 0.1) is 6.92 Å². The van der Waals surface area contributed by atoms with Gasteiger partial charge in [-0.2, -0.15) is 4.94 Å². The van der Waals surface area contributed by atoms with E-state index in [1.54, 1.807) is 0 Å². The maximum Gasteiger partial charge on any atom is 0.0917 e. The van der Waals surface area contributed by atoms with Gasteiger partial charge in [0, 0.05) is 23.5 Å². The molecule has 1 heterocycles. The van der Waals surface area contributed by atoms with E-state index in [0.717, 1.165) is 16.5 Å². The summed E-state index contributed by atoms with van der Waals surface area (Å²) in [7, 11) is 0. The fourth-order valence-corrected chi connectivity index (χ4v) is 1.65. The molecule has 2 nitrogen and oxygen atoms in total. The van der Waals surface area contributed by atoms with Crippen LogP contribution >= 0.6 is 0 Å². The molecule has 1 N–H and O–H groups in total. The van der Waals surface area contributed by atoms with Crippen LogP contribution in [0.1, 0.15) is 25.0 Å². The molecule has 1 aromatic heterocycles. The quantitative estimate of drug-likeness (QED) is 0.837. The van der Waals surface area contributed by atoms with E-state index >= 15 is 0 Å². The average Bonchev–Trinajstić information content (AvgIpc) is 2.71. The maximum absolute atomic E-state index is 11.6. The Morgan fingerprint density at radius 1 is 1.31 bits per heavy atom. The highest BCUT2D eigenvalue weighted by molar-refractivity contribution is 5.83. The number of rotatable bonds is 3. The minimum atomic E-state index is 0.112. The van der Waals surface area contributed by atoms with Gasteiger partial charge < -0.3 is 4.98 Å². The second-order valence-corrected chi connectivity index (χ2v) is 3.43. The molecule has 0 atom stereocenters.